The average molecular weight is 286 g/mol. The van der Waals surface area contributed by atoms with Crippen molar-refractivity contribution >= 4 is 17.3 Å². The highest BCUT2D eigenvalue weighted by Crippen LogP contribution is 2.24. The molecule has 0 amide bonds. The second-order valence-corrected chi connectivity index (χ2v) is 4.68. The molecule has 2 rings (SSSR count). The first-order valence-corrected chi connectivity index (χ1v) is 6.98. The van der Waals surface area contributed by atoms with Crippen molar-refractivity contribution in [3.8, 4) is 0 Å². The number of rotatable bonds is 1. The van der Waals surface area contributed by atoms with E-state index >= 15 is 0 Å². The van der Waals surface area contributed by atoms with Crippen LogP contribution >= 0.6 is 11.6 Å². The summed E-state index contributed by atoms with van der Waals surface area (Å²) in [6.45, 7) is 5.40. The topological polar surface area (TPSA) is 30.9 Å². The minimum Gasteiger partial charge on any atom is -0.377 e. The van der Waals surface area contributed by atoms with Crippen molar-refractivity contribution in [3.05, 3.63) is 29.3 Å². The second kappa shape index (κ2) is 8.38. The molecule has 1 aromatic rings. The molecule has 19 heavy (non-hydrogen) atoms. The summed E-state index contributed by atoms with van der Waals surface area (Å²) in [6.07, 6.45) is 0. The molecule has 1 aromatic carbocycles. The molecule has 5 heteroatoms. The first kappa shape index (κ1) is 14.6. The van der Waals surface area contributed by atoms with Crippen molar-refractivity contribution < 1.29 is 14.2 Å². The second-order valence-electron chi connectivity index (χ2n) is 4.28. The summed E-state index contributed by atoms with van der Waals surface area (Å²) < 4.78 is 16.4. The van der Waals surface area contributed by atoms with Crippen LogP contribution in [0.4, 0.5) is 5.69 Å². The zero-order chi connectivity index (χ0) is 13.3. The molecule has 106 valence electrons. The highest BCUT2D eigenvalue weighted by atomic mass is 35.5. The lowest BCUT2D eigenvalue weighted by molar-refractivity contribution is 0.0126. The normalized spacial score (nSPS) is 19.5. The first-order valence-electron chi connectivity index (χ1n) is 6.60. The molecule has 0 spiro atoms. The van der Waals surface area contributed by atoms with E-state index in [-0.39, 0.29) is 0 Å². The van der Waals surface area contributed by atoms with Crippen LogP contribution in [0, 0.1) is 0 Å². The van der Waals surface area contributed by atoms with Gasteiger partial charge in [-0.3, -0.25) is 0 Å². The monoisotopic (exact) mass is 285 g/mol. The third-order valence-corrected chi connectivity index (χ3v) is 3.27. The van der Waals surface area contributed by atoms with E-state index in [4.69, 9.17) is 25.8 Å². The van der Waals surface area contributed by atoms with Gasteiger partial charge in [-0.15, -0.1) is 0 Å². The molecule has 1 aliphatic rings. The number of hydrogen-bond acceptors (Lipinski definition) is 4. The largest absolute Gasteiger partial charge is 0.377 e. The lowest BCUT2D eigenvalue weighted by Crippen LogP contribution is -2.32. The molecule has 1 aliphatic heterocycles. The Labute approximate surface area is 119 Å². The summed E-state index contributed by atoms with van der Waals surface area (Å²) in [5, 5.41) is 0.762. The Hall–Kier alpha value is -0.810. The van der Waals surface area contributed by atoms with Gasteiger partial charge in [0.2, 0.25) is 0 Å². The highest BCUT2D eigenvalue weighted by molar-refractivity contribution is 6.33. The molecule has 1 saturated heterocycles. The van der Waals surface area contributed by atoms with Gasteiger partial charge >= 0.3 is 0 Å². The predicted molar refractivity (Wildman–Crippen MR) is 76.1 cm³/mol. The molecule has 4 nitrogen and oxygen atoms in total. The zero-order valence-electron chi connectivity index (χ0n) is 11.0. The number of ether oxygens (including phenoxy) is 3. The van der Waals surface area contributed by atoms with Crippen molar-refractivity contribution in [3.63, 3.8) is 0 Å². The van der Waals surface area contributed by atoms with E-state index in [1.807, 2.05) is 24.3 Å². The van der Waals surface area contributed by atoms with Crippen LogP contribution in [0.5, 0.6) is 0 Å². The summed E-state index contributed by atoms with van der Waals surface area (Å²) >= 11 is 6.24. The third-order valence-electron chi connectivity index (χ3n) is 2.95. The van der Waals surface area contributed by atoms with E-state index in [1.165, 1.54) is 0 Å². The number of hydrogen-bond donors (Lipinski definition) is 0. The van der Waals surface area contributed by atoms with E-state index in [0.717, 1.165) is 23.8 Å². The van der Waals surface area contributed by atoms with Gasteiger partial charge in [0.05, 0.1) is 50.4 Å². The van der Waals surface area contributed by atoms with Crippen LogP contribution in [0.2, 0.25) is 5.02 Å². The summed E-state index contributed by atoms with van der Waals surface area (Å²) in [5.41, 5.74) is 1.03. The summed E-state index contributed by atoms with van der Waals surface area (Å²) in [5.74, 6) is 0. The number of para-hydroxylation sites is 1. The van der Waals surface area contributed by atoms with Gasteiger partial charge in [-0.05, 0) is 12.1 Å². The smallest absolute Gasteiger partial charge is 0.0701 e. The number of anilines is 1. The van der Waals surface area contributed by atoms with Crippen LogP contribution in [0.25, 0.3) is 0 Å². The predicted octanol–water partition coefficient (Wildman–Crippen LogP) is 2.21. The number of halogens is 1. The highest BCUT2D eigenvalue weighted by Gasteiger charge is 2.10. The maximum atomic E-state index is 6.24. The summed E-state index contributed by atoms with van der Waals surface area (Å²) in [6, 6.07) is 7.86. The lowest BCUT2D eigenvalue weighted by atomic mass is 10.3. The van der Waals surface area contributed by atoms with Crippen molar-refractivity contribution in [2.75, 3.05) is 57.6 Å². The van der Waals surface area contributed by atoms with Gasteiger partial charge in [-0.25, -0.2) is 0 Å². The quantitative estimate of drug-likeness (QED) is 0.792. The van der Waals surface area contributed by atoms with E-state index < -0.39 is 0 Å². The van der Waals surface area contributed by atoms with Gasteiger partial charge in [-0.1, -0.05) is 23.7 Å². The van der Waals surface area contributed by atoms with Crippen LogP contribution < -0.4 is 4.90 Å². The molecule has 0 unspecified atom stereocenters. The number of nitrogens with zero attached hydrogens (tertiary/aromatic N) is 1. The van der Waals surface area contributed by atoms with Crippen LogP contribution in [0.1, 0.15) is 0 Å². The van der Waals surface area contributed by atoms with Gasteiger partial charge in [0.15, 0.2) is 0 Å². The molecule has 0 bridgehead atoms. The van der Waals surface area contributed by atoms with Gasteiger partial charge in [0.25, 0.3) is 0 Å². The van der Waals surface area contributed by atoms with E-state index in [0.29, 0.717) is 39.6 Å². The molecule has 0 saturated carbocycles. The van der Waals surface area contributed by atoms with Crippen molar-refractivity contribution in [1.82, 2.24) is 0 Å². The molecular formula is C14H20ClNO3. The van der Waals surface area contributed by atoms with Crippen LogP contribution in [0.15, 0.2) is 24.3 Å². The molecule has 0 atom stereocenters. The van der Waals surface area contributed by atoms with Gasteiger partial charge < -0.3 is 19.1 Å². The Balaban J connectivity index is 1.97. The fourth-order valence-corrected chi connectivity index (χ4v) is 2.21. The molecule has 1 fully saturated rings. The van der Waals surface area contributed by atoms with Crippen LogP contribution in [0.3, 0.4) is 0 Å². The van der Waals surface area contributed by atoms with Gasteiger partial charge in [0, 0.05) is 13.1 Å². The van der Waals surface area contributed by atoms with Crippen LogP contribution in [-0.2, 0) is 14.2 Å². The summed E-state index contributed by atoms with van der Waals surface area (Å²) in [4.78, 5) is 2.20. The Kier molecular flexibility index (Phi) is 6.44. The average Bonchev–Trinajstić information content (AvgIpc) is 2.40. The Morgan fingerprint density at radius 1 is 0.789 bits per heavy atom. The molecule has 0 N–H and O–H groups in total. The van der Waals surface area contributed by atoms with Crippen molar-refractivity contribution in [2.24, 2.45) is 0 Å². The molecule has 0 aromatic heterocycles. The van der Waals surface area contributed by atoms with Crippen molar-refractivity contribution in [1.29, 1.82) is 0 Å². The lowest BCUT2D eigenvalue weighted by Gasteiger charge is -2.26. The fraction of sp³-hybridized carbons (Fsp3) is 0.571. The summed E-state index contributed by atoms with van der Waals surface area (Å²) in [7, 11) is 0. The zero-order valence-corrected chi connectivity index (χ0v) is 11.8. The number of benzene rings is 1. The van der Waals surface area contributed by atoms with Gasteiger partial charge in [0.1, 0.15) is 0 Å². The van der Waals surface area contributed by atoms with E-state index in [1.54, 1.807) is 0 Å². The minimum absolute atomic E-state index is 0.620. The molecular weight excluding hydrogens is 266 g/mol. The van der Waals surface area contributed by atoms with E-state index in [9.17, 15) is 0 Å². The SMILES string of the molecule is Clc1ccccc1N1CCOCCOCCOCC1. The Bertz CT molecular complexity index is 363. The Morgan fingerprint density at radius 2 is 1.32 bits per heavy atom. The maximum absolute atomic E-state index is 6.24. The molecule has 1 heterocycles. The van der Waals surface area contributed by atoms with Gasteiger partial charge in [-0.2, -0.15) is 0 Å². The fourth-order valence-electron chi connectivity index (χ4n) is 1.95. The molecule has 0 aliphatic carbocycles. The standard InChI is InChI=1S/C14H20ClNO3/c15-13-3-1-2-4-14(13)16-5-7-17-9-11-19-12-10-18-8-6-16/h1-4H,5-12H2. The maximum Gasteiger partial charge on any atom is 0.0701 e. The third kappa shape index (κ3) is 4.99. The minimum atomic E-state index is 0.620. The van der Waals surface area contributed by atoms with Crippen molar-refractivity contribution in [2.45, 2.75) is 0 Å². The Morgan fingerprint density at radius 3 is 1.89 bits per heavy atom. The first-order chi connectivity index (χ1) is 9.38. The molecule has 0 radical (unpaired) electrons. The van der Waals surface area contributed by atoms with E-state index in [2.05, 4.69) is 4.90 Å². The van der Waals surface area contributed by atoms with Crippen LogP contribution in [-0.4, -0.2) is 52.7 Å².